The number of carbonyl (C=O) groups excluding carboxylic acids is 1. The van der Waals surface area contributed by atoms with E-state index in [1.165, 1.54) is 11.8 Å². The Morgan fingerprint density at radius 3 is 2.61 bits per heavy atom. The number of para-hydroxylation sites is 1. The summed E-state index contributed by atoms with van der Waals surface area (Å²) in [4.78, 5) is 17.7. The van der Waals surface area contributed by atoms with E-state index in [1.807, 2.05) is 36.9 Å². The van der Waals surface area contributed by atoms with Gasteiger partial charge < -0.3 is 4.90 Å². The molecule has 2 aliphatic rings. The van der Waals surface area contributed by atoms with Crippen molar-refractivity contribution in [1.82, 2.24) is 0 Å². The smallest absolute Gasteiger partial charge is 0.262 e. The Kier molecular flexibility index (Phi) is 4.46. The molecular formula is C15H17ClN2O3S2. The highest BCUT2D eigenvalue weighted by Crippen LogP contribution is 2.42. The first-order valence-electron chi connectivity index (χ1n) is 7.22. The van der Waals surface area contributed by atoms with E-state index >= 15 is 0 Å². The van der Waals surface area contributed by atoms with Crippen LogP contribution in [0.2, 0.25) is 0 Å². The molecule has 23 heavy (non-hydrogen) atoms. The maximum absolute atomic E-state index is 12.0. The van der Waals surface area contributed by atoms with Crippen LogP contribution in [0, 0.1) is 13.8 Å². The van der Waals surface area contributed by atoms with E-state index < -0.39 is 15.7 Å². The van der Waals surface area contributed by atoms with Crippen LogP contribution < -0.4 is 4.90 Å². The Morgan fingerprint density at radius 2 is 2.00 bits per heavy atom. The molecular weight excluding hydrogens is 356 g/mol. The molecule has 2 atom stereocenters. The predicted molar refractivity (Wildman–Crippen MR) is 95.4 cm³/mol. The van der Waals surface area contributed by atoms with Crippen LogP contribution in [0.3, 0.4) is 0 Å². The van der Waals surface area contributed by atoms with Gasteiger partial charge in [0, 0.05) is 10.9 Å². The Morgan fingerprint density at radius 1 is 1.35 bits per heavy atom. The Balaban J connectivity index is 2.11. The average molecular weight is 373 g/mol. The molecule has 0 radical (unpaired) electrons. The number of benzene rings is 1. The van der Waals surface area contributed by atoms with Crippen LogP contribution in [0.1, 0.15) is 11.1 Å². The summed E-state index contributed by atoms with van der Waals surface area (Å²) in [5.74, 6) is -0.379. The number of aryl methyl sites for hydroxylation is 2. The number of aliphatic imine (C=N–C) groups is 1. The lowest BCUT2D eigenvalue weighted by molar-refractivity contribution is -0.115. The maximum Gasteiger partial charge on any atom is 0.262 e. The van der Waals surface area contributed by atoms with Crippen molar-refractivity contribution in [1.29, 1.82) is 0 Å². The number of amidine groups is 1. The minimum Gasteiger partial charge on any atom is -0.315 e. The molecule has 2 heterocycles. The highest BCUT2D eigenvalue weighted by molar-refractivity contribution is 8.16. The zero-order valence-electron chi connectivity index (χ0n) is 12.8. The number of nitrogens with zero attached hydrogens (tertiary/aromatic N) is 2. The molecule has 0 N–H and O–H groups in total. The fourth-order valence-corrected chi connectivity index (χ4v) is 7.13. The van der Waals surface area contributed by atoms with Crippen LogP contribution >= 0.6 is 23.4 Å². The van der Waals surface area contributed by atoms with Crippen molar-refractivity contribution < 1.29 is 13.2 Å². The molecule has 2 aliphatic heterocycles. The molecule has 2 unspecified atom stereocenters. The van der Waals surface area contributed by atoms with Crippen LogP contribution in [0.15, 0.2) is 23.2 Å². The highest BCUT2D eigenvalue weighted by Gasteiger charge is 2.49. The lowest BCUT2D eigenvalue weighted by Gasteiger charge is -2.27. The molecule has 0 spiro atoms. The van der Waals surface area contributed by atoms with E-state index in [9.17, 15) is 13.2 Å². The molecule has 124 valence electrons. The number of thioether (sulfide) groups is 1. The molecule has 5 nitrogen and oxygen atoms in total. The minimum absolute atomic E-state index is 0.0898. The summed E-state index contributed by atoms with van der Waals surface area (Å²) in [6.07, 6.45) is 0. The first kappa shape index (κ1) is 16.8. The van der Waals surface area contributed by atoms with E-state index in [-0.39, 0.29) is 28.7 Å². The molecule has 0 bridgehead atoms. The summed E-state index contributed by atoms with van der Waals surface area (Å²) in [5.41, 5.74) is 2.99. The molecule has 0 aromatic heterocycles. The number of sulfone groups is 1. The van der Waals surface area contributed by atoms with Gasteiger partial charge in [0.15, 0.2) is 15.0 Å². The normalized spacial score (nSPS) is 27.4. The Hall–Kier alpha value is -1.05. The van der Waals surface area contributed by atoms with Gasteiger partial charge in [-0.3, -0.25) is 4.79 Å². The average Bonchev–Trinajstić information content (AvgIpc) is 2.91. The molecule has 0 saturated carbocycles. The summed E-state index contributed by atoms with van der Waals surface area (Å²) in [6, 6.07) is 5.72. The van der Waals surface area contributed by atoms with Gasteiger partial charge in [-0.2, -0.15) is 4.99 Å². The van der Waals surface area contributed by atoms with Gasteiger partial charge in [-0.25, -0.2) is 8.42 Å². The van der Waals surface area contributed by atoms with Gasteiger partial charge >= 0.3 is 0 Å². The fourth-order valence-electron chi connectivity index (χ4n) is 3.15. The van der Waals surface area contributed by atoms with E-state index in [0.29, 0.717) is 5.17 Å². The summed E-state index contributed by atoms with van der Waals surface area (Å²) in [5, 5.41) is 0.457. The first-order chi connectivity index (χ1) is 10.8. The molecule has 1 aromatic carbocycles. The number of anilines is 1. The van der Waals surface area contributed by atoms with E-state index in [1.54, 1.807) is 0 Å². The second kappa shape index (κ2) is 6.11. The lowest BCUT2D eigenvalue weighted by Crippen LogP contribution is -2.38. The summed E-state index contributed by atoms with van der Waals surface area (Å²) < 4.78 is 24.0. The van der Waals surface area contributed by atoms with Crippen LogP contribution in [0.5, 0.6) is 0 Å². The van der Waals surface area contributed by atoms with Gasteiger partial charge in [0.1, 0.15) is 5.88 Å². The number of rotatable bonds is 2. The van der Waals surface area contributed by atoms with Gasteiger partial charge in [0.2, 0.25) is 0 Å². The molecule has 1 amide bonds. The summed E-state index contributed by atoms with van der Waals surface area (Å²) in [6.45, 7) is 3.95. The minimum atomic E-state index is -3.06. The van der Waals surface area contributed by atoms with Crippen LogP contribution in [-0.2, 0) is 14.6 Å². The number of halogens is 1. The summed E-state index contributed by atoms with van der Waals surface area (Å²) in [7, 11) is -3.06. The third-order valence-corrected chi connectivity index (χ3v) is 7.52. The topological polar surface area (TPSA) is 66.8 Å². The zero-order valence-corrected chi connectivity index (χ0v) is 15.2. The van der Waals surface area contributed by atoms with E-state index in [0.717, 1.165) is 16.8 Å². The predicted octanol–water partition coefficient (Wildman–Crippen LogP) is 2.14. The quantitative estimate of drug-likeness (QED) is 0.744. The Bertz CT molecular complexity index is 772. The van der Waals surface area contributed by atoms with E-state index in [4.69, 9.17) is 11.6 Å². The number of fused-ring (bicyclic) bond motifs is 1. The molecule has 1 aromatic rings. The number of hydrogen-bond donors (Lipinski definition) is 0. The van der Waals surface area contributed by atoms with E-state index in [2.05, 4.69) is 4.99 Å². The largest absolute Gasteiger partial charge is 0.315 e. The van der Waals surface area contributed by atoms with Gasteiger partial charge in [0.05, 0.1) is 17.5 Å². The van der Waals surface area contributed by atoms with Gasteiger partial charge in [0.25, 0.3) is 5.91 Å². The fraction of sp³-hybridized carbons (Fsp3) is 0.467. The molecule has 0 aliphatic carbocycles. The van der Waals surface area contributed by atoms with Gasteiger partial charge in [-0.05, 0) is 25.0 Å². The molecule has 2 saturated heterocycles. The zero-order chi connectivity index (χ0) is 16.8. The first-order valence-corrected chi connectivity index (χ1v) is 10.5. The second-order valence-corrected chi connectivity index (χ2v) is 9.46. The van der Waals surface area contributed by atoms with Crippen molar-refractivity contribution in [3.8, 4) is 0 Å². The maximum atomic E-state index is 12.0. The van der Waals surface area contributed by atoms with Crippen LogP contribution in [0.4, 0.5) is 5.69 Å². The number of amides is 1. The van der Waals surface area contributed by atoms with Crippen molar-refractivity contribution in [2.45, 2.75) is 25.1 Å². The standard InChI is InChI=1S/C15H17ClN2O3S2/c1-9-4-3-5-10(2)14(9)18-11-7-23(20,21)8-12(11)22-15(18)17-13(19)6-16/h3-5,11-12H,6-8H2,1-2H3. The van der Waals surface area contributed by atoms with Crippen molar-refractivity contribution in [2.75, 3.05) is 22.3 Å². The SMILES string of the molecule is Cc1cccc(C)c1N1C(=NC(=O)CCl)SC2CS(=O)(=O)CC21. The molecule has 3 rings (SSSR count). The number of hydrogen-bond acceptors (Lipinski definition) is 4. The Labute approximate surface area is 145 Å². The summed E-state index contributed by atoms with van der Waals surface area (Å²) >= 11 is 6.94. The molecule has 8 heteroatoms. The lowest BCUT2D eigenvalue weighted by atomic mass is 10.1. The second-order valence-electron chi connectivity index (χ2n) is 5.83. The number of alkyl halides is 1. The molecule has 2 fully saturated rings. The van der Waals surface area contributed by atoms with Crippen molar-refractivity contribution in [2.24, 2.45) is 4.99 Å². The van der Waals surface area contributed by atoms with Crippen molar-refractivity contribution in [3.63, 3.8) is 0 Å². The van der Waals surface area contributed by atoms with Crippen molar-refractivity contribution >= 4 is 50.0 Å². The number of carbonyl (C=O) groups is 1. The third kappa shape index (κ3) is 3.14. The van der Waals surface area contributed by atoms with Gasteiger partial charge in [-0.1, -0.05) is 30.0 Å². The van der Waals surface area contributed by atoms with Crippen LogP contribution in [-0.4, -0.2) is 48.2 Å². The monoisotopic (exact) mass is 372 g/mol. The van der Waals surface area contributed by atoms with Crippen molar-refractivity contribution in [3.05, 3.63) is 29.3 Å². The van der Waals surface area contributed by atoms with Gasteiger partial charge in [-0.15, -0.1) is 11.6 Å². The van der Waals surface area contributed by atoms with Crippen LogP contribution in [0.25, 0.3) is 0 Å². The third-order valence-electron chi connectivity index (χ3n) is 4.08. The highest BCUT2D eigenvalue weighted by atomic mass is 35.5.